The van der Waals surface area contributed by atoms with E-state index in [2.05, 4.69) is 11.2 Å². The number of hydrogen-bond donors (Lipinski definition) is 0. The van der Waals surface area contributed by atoms with Crippen molar-refractivity contribution in [3.05, 3.63) is 76.5 Å². The molecule has 0 atom stereocenters. The summed E-state index contributed by atoms with van der Waals surface area (Å²) in [5, 5.41) is 4.18. The standard InChI is InChI=1S/C21H22N2O3/c1-14-9-15(2)11-19(10-14)25-13-18-6-5-17(26-18)7-8-21(24)20-12-16(3)22-23(20)4/h5-12H,13H2,1-4H3/b8-7+. The fourth-order valence-electron chi connectivity index (χ4n) is 2.82. The predicted octanol–water partition coefficient (Wildman–Crippen LogP) is 4.41. The van der Waals surface area contributed by atoms with Crippen LogP contribution in [0.15, 0.2) is 46.9 Å². The van der Waals surface area contributed by atoms with Crippen molar-refractivity contribution in [2.75, 3.05) is 0 Å². The number of ether oxygens (including phenoxy) is 1. The topological polar surface area (TPSA) is 57.3 Å². The highest BCUT2D eigenvalue weighted by molar-refractivity contribution is 6.05. The number of allylic oxidation sites excluding steroid dienone is 1. The Labute approximate surface area is 152 Å². The van der Waals surface area contributed by atoms with E-state index in [4.69, 9.17) is 9.15 Å². The van der Waals surface area contributed by atoms with E-state index in [1.54, 1.807) is 23.9 Å². The summed E-state index contributed by atoms with van der Waals surface area (Å²) in [6, 6.07) is 11.5. The lowest BCUT2D eigenvalue weighted by molar-refractivity contribution is 0.103. The zero-order valence-electron chi connectivity index (χ0n) is 15.4. The minimum atomic E-state index is -0.113. The second-order valence-corrected chi connectivity index (χ2v) is 6.41. The first-order chi connectivity index (χ1) is 12.4. The van der Waals surface area contributed by atoms with E-state index in [1.807, 2.05) is 45.0 Å². The van der Waals surface area contributed by atoms with Gasteiger partial charge in [0.1, 0.15) is 29.6 Å². The van der Waals surface area contributed by atoms with Gasteiger partial charge in [-0.3, -0.25) is 9.48 Å². The molecular formula is C21H22N2O3. The number of carbonyl (C=O) groups is 1. The van der Waals surface area contributed by atoms with Gasteiger partial charge in [0.2, 0.25) is 5.78 Å². The highest BCUT2D eigenvalue weighted by Gasteiger charge is 2.09. The normalized spacial score (nSPS) is 11.2. The number of nitrogens with zero attached hydrogens (tertiary/aromatic N) is 2. The van der Waals surface area contributed by atoms with Gasteiger partial charge in [0, 0.05) is 7.05 Å². The third-order valence-electron chi connectivity index (χ3n) is 3.91. The predicted molar refractivity (Wildman–Crippen MR) is 100 cm³/mol. The Hall–Kier alpha value is -3.08. The minimum absolute atomic E-state index is 0.113. The van der Waals surface area contributed by atoms with Crippen LogP contribution in [0.25, 0.3) is 6.08 Å². The van der Waals surface area contributed by atoms with Crippen molar-refractivity contribution in [1.29, 1.82) is 0 Å². The second-order valence-electron chi connectivity index (χ2n) is 6.41. The molecule has 3 rings (SSSR count). The maximum absolute atomic E-state index is 12.2. The van der Waals surface area contributed by atoms with E-state index in [-0.39, 0.29) is 5.78 Å². The van der Waals surface area contributed by atoms with Crippen molar-refractivity contribution in [1.82, 2.24) is 9.78 Å². The lowest BCUT2D eigenvalue weighted by atomic mass is 10.1. The highest BCUT2D eigenvalue weighted by Crippen LogP contribution is 2.19. The lowest BCUT2D eigenvalue weighted by Gasteiger charge is -2.06. The molecule has 0 aliphatic rings. The van der Waals surface area contributed by atoms with Gasteiger partial charge in [0.15, 0.2) is 0 Å². The summed E-state index contributed by atoms with van der Waals surface area (Å²) in [7, 11) is 1.75. The average molecular weight is 350 g/mol. The summed E-state index contributed by atoms with van der Waals surface area (Å²) in [6.45, 7) is 6.27. The fourth-order valence-corrected chi connectivity index (χ4v) is 2.82. The Morgan fingerprint density at radius 1 is 1.15 bits per heavy atom. The van der Waals surface area contributed by atoms with Crippen LogP contribution in [-0.4, -0.2) is 15.6 Å². The molecule has 5 heteroatoms. The Kier molecular flexibility index (Phi) is 5.07. The molecule has 2 aromatic heterocycles. The number of ketones is 1. The molecule has 0 radical (unpaired) electrons. The summed E-state index contributed by atoms with van der Waals surface area (Å²) in [5.74, 6) is 2.01. The van der Waals surface area contributed by atoms with Crippen molar-refractivity contribution < 1.29 is 13.9 Å². The quantitative estimate of drug-likeness (QED) is 0.488. The number of hydrogen-bond acceptors (Lipinski definition) is 4. The van der Waals surface area contributed by atoms with Crippen LogP contribution in [0.2, 0.25) is 0 Å². The molecular weight excluding hydrogens is 328 g/mol. The summed E-state index contributed by atoms with van der Waals surface area (Å²) >= 11 is 0. The van der Waals surface area contributed by atoms with Gasteiger partial charge < -0.3 is 9.15 Å². The van der Waals surface area contributed by atoms with E-state index < -0.39 is 0 Å². The number of aromatic nitrogens is 2. The molecule has 0 N–H and O–H groups in total. The lowest BCUT2D eigenvalue weighted by Crippen LogP contribution is -2.03. The SMILES string of the molecule is Cc1cc(C)cc(OCc2ccc(/C=C/C(=O)c3cc(C)nn3C)o2)c1. The van der Waals surface area contributed by atoms with Crippen molar-refractivity contribution in [3.8, 4) is 5.75 Å². The van der Waals surface area contributed by atoms with Crippen LogP contribution in [0.4, 0.5) is 0 Å². The van der Waals surface area contributed by atoms with Gasteiger partial charge in [-0.2, -0.15) is 5.10 Å². The molecule has 3 aromatic rings. The van der Waals surface area contributed by atoms with Gasteiger partial charge >= 0.3 is 0 Å². The van der Waals surface area contributed by atoms with Crippen LogP contribution < -0.4 is 4.74 Å². The Morgan fingerprint density at radius 3 is 2.54 bits per heavy atom. The molecule has 5 nitrogen and oxygen atoms in total. The van der Waals surface area contributed by atoms with Crippen molar-refractivity contribution >= 4 is 11.9 Å². The van der Waals surface area contributed by atoms with Crippen molar-refractivity contribution in [2.24, 2.45) is 7.05 Å². The molecule has 2 heterocycles. The van der Waals surface area contributed by atoms with Gasteiger partial charge in [-0.1, -0.05) is 6.07 Å². The van der Waals surface area contributed by atoms with Crippen molar-refractivity contribution in [2.45, 2.75) is 27.4 Å². The van der Waals surface area contributed by atoms with Gasteiger partial charge in [-0.05, 0) is 74.4 Å². The molecule has 0 saturated heterocycles. The monoisotopic (exact) mass is 350 g/mol. The first-order valence-electron chi connectivity index (χ1n) is 8.43. The molecule has 0 amide bonds. The first kappa shape index (κ1) is 17.7. The molecule has 134 valence electrons. The number of rotatable bonds is 6. The Morgan fingerprint density at radius 2 is 1.88 bits per heavy atom. The zero-order chi connectivity index (χ0) is 18.7. The molecule has 0 bridgehead atoms. The number of furan rings is 1. The average Bonchev–Trinajstić information content (AvgIpc) is 3.16. The molecule has 0 aliphatic heterocycles. The highest BCUT2D eigenvalue weighted by atomic mass is 16.5. The summed E-state index contributed by atoms with van der Waals surface area (Å²) in [6.07, 6.45) is 3.15. The van der Waals surface area contributed by atoms with Crippen LogP contribution in [0, 0.1) is 20.8 Å². The fraction of sp³-hybridized carbons (Fsp3) is 0.238. The summed E-state index contributed by atoms with van der Waals surface area (Å²) in [4.78, 5) is 12.2. The first-order valence-corrected chi connectivity index (χ1v) is 8.43. The molecule has 0 unspecified atom stereocenters. The second kappa shape index (κ2) is 7.44. The van der Waals surface area contributed by atoms with Crippen LogP contribution in [0.3, 0.4) is 0 Å². The van der Waals surface area contributed by atoms with Crippen LogP contribution in [0.1, 0.15) is 38.8 Å². The minimum Gasteiger partial charge on any atom is -0.486 e. The maximum atomic E-state index is 12.2. The zero-order valence-corrected chi connectivity index (χ0v) is 15.4. The largest absolute Gasteiger partial charge is 0.486 e. The summed E-state index contributed by atoms with van der Waals surface area (Å²) < 4.78 is 13.1. The molecule has 1 aromatic carbocycles. The van der Waals surface area contributed by atoms with E-state index in [0.717, 1.165) is 22.6 Å². The smallest absolute Gasteiger partial charge is 0.203 e. The number of carbonyl (C=O) groups excluding carboxylic acids is 1. The van der Waals surface area contributed by atoms with Crippen LogP contribution >= 0.6 is 0 Å². The third kappa shape index (κ3) is 4.30. The molecule has 0 spiro atoms. The van der Waals surface area contributed by atoms with Crippen molar-refractivity contribution in [3.63, 3.8) is 0 Å². The number of benzene rings is 1. The summed E-state index contributed by atoms with van der Waals surface area (Å²) in [5.41, 5.74) is 3.68. The van der Waals surface area contributed by atoms with Gasteiger partial charge in [-0.25, -0.2) is 0 Å². The van der Waals surface area contributed by atoms with Gasteiger partial charge in [-0.15, -0.1) is 0 Å². The molecule has 26 heavy (non-hydrogen) atoms. The maximum Gasteiger partial charge on any atom is 0.203 e. The van der Waals surface area contributed by atoms with Gasteiger partial charge in [0.05, 0.1) is 5.69 Å². The third-order valence-corrected chi connectivity index (χ3v) is 3.91. The van der Waals surface area contributed by atoms with E-state index >= 15 is 0 Å². The molecule has 0 saturated carbocycles. The molecule has 0 fully saturated rings. The van der Waals surface area contributed by atoms with E-state index in [0.29, 0.717) is 23.8 Å². The van der Waals surface area contributed by atoms with Crippen LogP contribution in [0.5, 0.6) is 5.75 Å². The number of aryl methyl sites for hydroxylation is 4. The van der Waals surface area contributed by atoms with E-state index in [1.165, 1.54) is 6.08 Å². The van der Waals surface area contributed by atoms with Gasteiger partial charge in [0.25, 0.3) is 0 Å². The Balaban J connectivity index is 1.62. The molecule has 0 aliphatic carbocycles. The Bertz CT molecular complexity index is 943. The van der Waals surface area contributed by atoms with E-state index in [9.17, 15) is 4.79 Å². The van der Waals surface area contributed by atoms with Crippen LogP contribution in [-0.2, 0) is 13.7 Å².